The molecule has 1 aliphatic carbocycles. The van der Waals surface area contributed by atoms with E-state index in [1.165, 1.54) is 18.4 Å². The molecular formula is C17H26N2O3S. The van der Waals surface area contributed by atoms with Crippen LogP contribution in [-0.4, -0.2) is 30.1 Å². The normalized spacial score (nSPS) is 25.1. The van der Waals surface area contributed by atoms with E-state index in [1.807, 2.05) is 0 Å². The summed E-state index contributed by atoms with van der Waals surface area (Å²) in [6, 6.07) is 0. The molecule has 1 saturated heterocycles. The highest BCUT2D eigenvalue weighted by Gasteiger charge is 2.32. The first-order valence-electron chi connectivity index (χ1n) is 8.60. The molecule has 0 bridgehead atoms. The first-order valence-corrected chi connectivity index (χ1v) is 10.4. The van der Waals surface area contributed by atoms with Crippen molar-refractivity contribution in [3.8, 4) is 0 Å². The summed E-state index contributed by atoms with van der Waals surface area (Å²) in [4.78, 5) is 4.59. The van der Waals surface area contributed by atoms with Gasteiger partial charge in [0.2, 0.25) is 5.89 Å². The van der Waals surface area contributed by atoms with Crippen molar-refractivity contribution in [2.75, 3.05) is 11.5 Å². The minimum absolute atomic E-state index is 0.110. The quantitative estimate of drug-likeness (QED) is 0.788. The molecule has 0 aromatic carbocycles. The van der Waals surface area contributed by atoms with Crippen molar-refractivity contribution in [1.29, 1.82) is 0 Å². The van der Waals surface area contributed by atoms with E-state index in [2.05, 4.69) is 30.1 Å². The van der Waals surface area contributed by atoms with Crippen molar-refractivity contribution < 1.29 is 12.9 Å². The number of sulfone groups is 1. The lowest BCUT2D eigenvalue weighted by molar-refractivity contribution is 0.341. The van der Waals surface area contributed by atoms with Crippen LogP contribution in [0.15, 0.2) is 16.2 Å². The summed E-state index contributed by atoms with van der Waals surface area (Å²) in [5, 5.41) is 4.19. The van der Waals surface area contributed by atoms with Crippen molar-refractivity contribution in [3.05, 3.63) is 23.4 Å². The van der Waals surface area contributed by atoms with Gasteiger partial charge in [0.1, 0.15) is 0 Å². The van der Waals surface area contributed by atoms with Crippen LogP contribution in [0.4, 0.5) is 0 Å². The number of rotatable bonds is 4. The molecule has 5 nitrogen and oxygen atoms in total. The van der Waals surface area contributed by atoms with Crippen LogP contribution in [0, 0.1) is 5.92 Å². The van der Waals surface area contributed by atoms with Crippen molar-refractivity contribution in [3.63, 3.8) is 0 Å². The first kappa shape index (κ1) is 16.7. The molecule has 2 heterocycles. The Hall–Kier alpha value is -1.17. The zero-order valence-corrected chi connectivity index (χ0v) is 14.9. The fourth-order valence-electron chi connectivity index (χ4n) is 3.67. The first-order chi connectivity index (χ1) is 10.9. The van der Waals surface area contributed by atoms with Gasteiger partial charge in [-0.3, -0.25) is 0 Å². The Balaban J connectivity index is 1.71. The maximum atomic E-state index is 11.7. The van der Waals surface area contributed by atoms with E-state index in [1.54, 1.807) is 0 Å². The molecule has 0 spiro atoms. The maximum absolute atomic E-state index is 11.7. The van der Waals surface area contributed by atoms with Gasteiger partial charge in [-0.15, -0.1) is 0 Å². The fourth-order valence-corrected chi connectivity index (χ4v) is 5.44. The minimum atomic E-state index is -2.89. The molecule has 3 rings (SSSR count). The molecular weight excluding hydrogens is 312 g/mol. The Morgan fingerprint density at radius 3 is 2.83 bits per heavy atom. The van der Waals surface area contributed by atoms with E-state index in [4.69, 9.17) is 4.52 Å². The van der Waals surface area contributed by atoms with Gasteiger partial charge < -0.3 is 4.52 Å². The van der Waals surface area contributed by atoms with Crippen LogP contribution in [0.3, 0.4) is 0 Å². The molecule has 0 N–H and O–H groups in total. The highest BCUT2D eigenvalue weighted by atomic mass is 32.2. The van der Waals surface area contributed by atoms with E-state index in [0.717, 1.165) is 31.5 Å². The predicted molar refractivity (Wildman–Crippen MR) is 89.0 cm³/mol. The van der Waals surface area contributed by atoms with E-state index in [-0.39, 0.29) is 17.1 Å². The van der Waals surface area contributed by atoms with Gasteiger partial charge in [0.15, 0.2) is 15.7 Å². The third-order valence-corrected chi connectivity index (χ3v) is 7.03. The van der Waals surface area contributed by atoms with Gasteiger partial charge in [-0.2, -0.15) is 4.98 Å². The number of allylic oxidation sites excluding steroid dienone is 2. The average Bonchev–Trinajstić information content (AvgIpc) is 2.96. The van der Waals surface area contributed by atoms with Gasteiger partial charge in [0, 0.05) is 11.8 Å². The van der Waals surface area contributed by atoms with Crippen LogP contribution in [0.5, 0.6) is 0 Å². The van der Waals surface area contributed by atoms with E-state index in [0.29, 0.717) is 18.1 Å². The second kappa shape index (κ2) is 6.38. The SMILES string of the molecule is CC(C)(C1=CCCCC1)c1noc(CC2CCCS(=O)(=O)C2)n1. The van der Waals surface area contributed by atoms with Crippen LogP contribution in [0.2, 0.25) is 0 Å². The van der Waals surface area contributed by atoms with Crippen molar-refractivity contribution in [1.82, 2.24) is 10.1 Å². The fraction of sp³-hybridized carbons (Fsp3) is 0.765. The van der Waals surface area contributed by atoms with Gasteiger partial charge in [-0.1, -0.05) is 16.8 Å². The third kappa shape index (κ3) is 3.84. The minimum Gasteiger partial charge on any atom is -0.339 e. The summed E-state index contributed by atoms with van der Waals surface area (Å²) in [5.41, 5.74) is 1.18. The van der Waals surface area contributed by atoms with E-state index in [9.17, 15) is 8.42 Å². The standard InChI is InChI=1S/C17H26N2O3S/c1-17(2,14-8-4-3-5-9-14)16-18-15(22-19-16)11-13-7-6-10-23(20,21)12-13/h8,13H,3-7,9-12H2,1-2H3. The highest BCUT2D eigenvalue weighted by molar-refractivity contribution is 7.91. The average molecular weight is 338 g/mol. The van der Waals surface area contributed by atoms with Crippen LogP contribution >= 0.6 is 0 Å². The molecule has 1 aromatic heterocycles. The maximum Gasteiger partial charge on any atom is 0.226 e. The Morgan fingerprint density at radius 2 is 2.13 bits per heavy atom. The van der Waals surface area contributed by atoms with Gasteiger partial charge in [-0.05, 0) is 58.3 Å². The van der Waals surface area contributed by atoms with E-state index >= 15 is 0 Å². The second-order valence-electron chi connectivity index (χ2n) is 7.44. The van der Waals surface area contributed by atoms with Crippen LogP contribution in [-0.2, 0) is 21.7 Å². The molecule has 2 aliphatic rings. The second-order valence-corrected chi connectivity index (χ2v) is 9.67. The lowest BCUT2D eigenvalue weighted by Gasteiger charge is -2.27. The molecule has 128 valence electrons. The van der Waals surface area contributed by atoms with Crippen LogP contribution < -0.4 is 0 Å². The monoisotopic (exact) mass is 338 g/mol. The number of nitrogens with zero attached hydrogens (tertiary/aromatic N) is 2. The Morgan fingerprint density at radius 1 is 1.30 bits per heavy atom. The van der Waals surface area contributed by atoms with Crippen molar-refractivity contribution in [2.45, 2.75) is 64.2 Å². The summed E-state index contributed by atoms with van der Waals surface area (Å²) in [7, 11) is -2.89. The lowest BCUT2D eigenvalue weighted by Crippen LogP contribution is -2.26. The lowest BCUT2D eigenvalue weighted by atomic mass is 9.78. The largest absolute Gasteiger partial charge is 0.339 e. The van der Waals surface area contributed by atoms with Crippen LogP contribution in [0.25, 0.3) is 0 Å². The zero-order chi connectivity index (χ0) is 16.5. The third-order valence-electron chi connectivity index (χ3n) is 5.14. The molecule has 1 aliphatic heterocycles. The van der Waals surface area contributed by atoms with Crippen molar-refractivity contribution in [2.24, 2.45) is 5.92 Å². The molecule has 1 unspecified atom stereocenters. The zero-order valence-electron chi connectivity index (χ0n) is 14.0. The molecule has 1 atom stereocenters. The summed E-state index contributed by atoms with van der Waals surface area (Å²) in [6.07, 6.45) is 9.25. The summed E-state index contributed by atoms with van der Waals surface area (Å²) < 4.78 is 28.9. The smallest absolute Gasteiger partial charge is 0.226 e. The van der Waals surface area contributed by atoms with Gasteiger partial charge in [0.25, 0.3) is 0 Å². The number of hydrogen-bond donors (Lipinski definition) is 0. The summed E-state index contributed by atoms with van der Waals surface area (Å²) >= 11 is 0. The number of hydrogen-bond acceptors (Lipinski definition) is 5. The van der Waals surface area contributed by atoms with Gasteiger partial charge >= 0.3 is 0 Å². The summed E-state index contributed by atoms with van der Waals surface area (Å²) in [6.45, 7) is 4.29. The molecule has 6 heteroatoms. The van der Waals surface area contributed by atoms with Crippen LogP contribution in [0.1, 0.15) is 64.1 Å². The molecule has 1 fully saturated rings. The molecule has 0 saturated carbocycles. The molecule has 1 aromatic rings. The Labute approximate surface area is 138 Å². The summed E-state index contributed by atoms with van der Waals surface area (Å²) in [5.74, 6) is 1.98. The Bertz CT molecular complexity index is 688. The Kier molecular flexibility index (Phi) is 4.63. The van der Waals surface area contributed by atoms with Gasteiger partial charge in [0.05, 0.1) is 11.5 Å². The molecule has 0 radical (unpaired) electrons. The molecule has 23 heavy (non-hydrogen) atoms. The van der Waals surface area contributed by atoms with Gasteiger partial charge in [-0.25, -0.2) is 8.42 Å². The highest BCUT2D eigenvalue weighted by Crippen LogP contribution is 2.35. The van der Waals surface area contributed by atoms with Crippen molar-refractivity contribution >= 4 is 9.84 Å². The molecule has 0 amide bonds. The topological polar surface area (TPSA) is 73.1 Å². The van der Waals surface area contributed by atoms with E-state index < -0.39 is 9.84 Å². The number of aromatic nitrogens is 2. The predicted octanol–water partition coefficient (Wildman–Crippen LogP) is 3.21.